The van der Waals surface area contributed by atoms with Gasteiger partial charge in [-0.05, 0) is 32.1 Å². The van der Waals surface area contributed by atoms with Crippen molar-refractivity contribution in [2.75, 3.05) is 13.2 Å². The fourth-order valence-corrected chi connectivity index (χ4v) is 9.99. The highest BCUT2D eigenvalue weighted by atomic mass is 16.5. The molecule has 0 heterocycles. The van der Waals surface area contributed by atoms with E-state index >= 15 is 0 Å². The van der Waals surface area contributed by atoms with Gasteiger partial charge in [0.25, 0.3) is 0 Å². The first-order valence-electron chi connectivity index (χ1n) is 31.5. The quantitative estimate of drug-likeness (QED) is 0.0321. The average Bonchev–Trinajstić information content (AvgIpc) is 3.35. The Morgan fingerprint density at radius 1 is 0.391 bits per heavy atom. The highest BCUT2D eigenvalue weighted by molar-refractivity contribution is 5.76. The van der Waals surface area contributed by atoms with Crippen molar-refractivity contribution in [3.05, 3.63) is 12.2 Å². The molecule has 0 aliphatic carbocycles. The van der Waals surface area contributed by atoms with Crippen LogP contribution in [0.2, 0.25) is 0 Å². The molecule has 3 N–H and O–H groups in total. The van der Waals surface area contributed by atoms with Crippen LogP contribution in [0, 0.1) is 0 Å². The van der Waals surface area contributed by atoms with Gasteiger partial charge in [0, 0.05) is 12.8 Å². The van der Waals surface area contributed by atoms with Gasteiger partial charge in [-0.3, -0.25) is 9.59 Å². The van der Waals surface area contributed by atoms with Gasteiger partial charge in [0.1, 0.15) is 0 Å². The Kier molecular flexibility index (Phi) is 58.0. The number of esters is 1. The number of aliphatic hydroxyl groups is 2. The van der Waals surface area contributed by atoms with Gasteiger partial charge >= 0.3 is 5.97 Å². The van der Waals surface area contributed by atoms with E-state index in [4.69, 9.17) is 4.74 Å². The highest BCUT2D eigenvalue weighted by Crippen LogP contribution is 2.18. The number of amides is 1. The molecular formula is C63H123NO5. The maximum Gasteiger partial charge on any atom is 0.305 e. The number of hydrogen-bond donors (Lipinski definition) is 3. The maximum atomic E-state index is 12.5. The summed E-state index contributed by atoms with van der Waals surface area (Å²) in [5.41, 5.74) is 0. The second-order valence-corrected chi connectivity index (χ2v) is 21.8. The van der Waals surface area contributed by atoms with Gasteiger partial charge in [-0.1, -0.05) is 321 Å². The number of rotatable bonds is 59. The van der Waals surface area contributed by atoms with E-state index in [1.165, 1.54) is 289 Å². The summed E-state index contributed by atoms with van der Waals surface area (Å²) in [6.07, 6.45) is 71.0. The number of carbonyl (C=O) groups is 2. The first kappa shape index (κ1) is 67.6. The Bertz CT molecular complexity index is 1030. The number of aliphatic hydroxyl groups excluding tert-OH is 2. The van der Waals surface area contributed by atoms with Crippen LogP contribution >= 0.6 is 0 Å². The molecule has 0 aromatic rings. The molecule has 0 bridgehead atoms. The van der Waals surface area contributed by atoms with Crippen molar-refractivity contribution >= 4 is 11.9 Å². The number of unbranched alkanes of at least 4 members (excludes halogenated alkanes) is 48. The van der Waals surface area contributed by atoms with Crippen LogP contribution in [0.1, 0.15) is 354 Å². The molecule has 0 saturated heterocycles. The molecule has 0 spiro atoms. The third kappa shape index (κ3) is 55.8. The van der Waals surface area contributed by atoms with Crippen molar-refractivity contribution in [1.29, 1.82) is 0 Å². The van der Waals surface area contributed by atoms with Gasteiger partial charge in [0.15, 0.2) is 0 Å². The predicted molar refractivity (Wildman–Crippen MR) is 301 cm³/mol. The average molecular weight is 975 g/mol. The van der Waals surface area contributed by atoms with Crippen LogP contribution in [0.3, 0.4) is 0 Å². The number of allylic oxidation sites excluding steroid dienone is 1. The van der Waals surface area contributed by atoms with Gasteiger partial charge in [-0.15, -0.1) is 0 Å². The molecule has 0 aliphatic heterocycles. The van der Waals surface area contributed by atoms with Crippen molar-refractivity contribution in [2.24, 2.45) is 0 Å². The molecule has 0 saturated carbocycles. The van der Waals surface area contributed by atoms with E-state index in [0.717, 1.165) is 38.5 Å². The standard InChI is InChI=1S/C63H123NO5/c1-3-5-7-9-11-13-15-17-19-23-27-31-35-39-43-47-51-55-61(66)60(59-65)64-62(67)56-52-48-44-40-36-32-28-25-21-22-26-30-34-38-42-46-50-54-58-69-63(68)57-53-49-45-41-37-33-29-24-20-18-16-14-12-10-8-6-4-2/h51,55,60-61,65-66H,3-50,52-54,56-59H2,1-2H3,(H,64,67)/b55-51+. The Hall–Kier alpha value is -1.40. The highest BCUT2D eigenvalue weighted by Gasteiger charge is 2.18. The molecule has 0 aromatic heterocycles. The van der Waals surface area contributed by atoms with E-state index in [9.17, 15) is 19.8 Å². The molecule has 2 atom stereocenters. The van der Waals surface area contributed by atoms with E-state index in [1.54, 1.807) is 6.08 Å². The monoisotopic (exact) mass is 974 g/mol. The van der Waals surface area contributed by atoms with Crippen LogP contribution in [0.25, 0.3) is 0 Å². The largest absolute Gasteiger partial charge is 0.466 e. The topological polar surface area (TPSA) is 95.9 Å². The van der Waals surface area contributed by atoms with E-state index in [-0.39, 0.29) is 18.5 Å². The van der Waals surface area contributed by atoms with Crippen LogP contribution in [-0.4, -0.2) is 47.4 Å². The lowest BCUT2D eigenvalue weighted by Crippen LogP contribution is -2.45. The van der Waals surface area contributed by atoms with Crippen LogP contribution in [-0.2, 0) is 14.3 Å². The van der Waals surface area contributed by atoms with Crippen LogP contribution in [0.4, 0.5) is 0 Å². The lowest BCUT2D eigenvalue weighted by atomic mass is 10.0. The zero-order chi connectivity index (χ0) is 50.0. The molecule has 6 heteroatoms. The second-order valence-electron chi connectivity index (χ2n) is 21.8. The molecule has 2 unspecified atom stereocenters. The minimum absolute atomic E-state index is 0.0113. The van der Waals surface area contributed by atoms with E-state index < -0.39 is 12.1 Å². The number of carbonyl (C=O) groups excluding carboxylic acids is 2. The SMILES string of the molecule is CCCCCCCCCCCCCCCCC/C=C/C(O)C(CO)NC(=O)CCCCCCCCCCCCCCCCCCCCOC(=O)CCCCCCCCCCCCCCCCCCC. The number of ether oxygens (including phenoxy) is 1. The first-order chi connectivity index (χ1) is 34.0. The lowest BCUT2D eigenvalue weighted by molar-refractivity contribution is -0.143. The summed E-state index contributed by atoms with van der Waals surface area (Å²) in [6.45, 7) is 4.93. The molecule has 410 valence electrons. The number of hydrogen-bond acceptors (Lipinski definition) is 5. The maximum absolute atomic E-state index is 12.5. The minimum Gasteiger partial charge on any atom is -0.466 e. The van der Waals surface area contributed by atoms with Crippen molar-refractivity contribution in [3.8, 4) is 0 Å². The molecule has 0 rings (SSSR count). The fraction of sp³-hybridized carbons (Fsp3) is 0.937. The molecule has 0 radical (unpaired) electrons. The Morgan fingerprint density at radius 3 is 0.986 bits per heavy atom. The summed E-state index contributed by atoms with van der Waals surface area (Å²) < 4.78 is 5.50. The van der Waals surface area contributed by atoms with Crippen LogP contribution in [0.15, 0.2) is 12.2 Å². The summed E-state index contributed by atoms with van der Waals surface area (Å²) in [5.74, 6) is -0.0576. The smallest absolute Gasteiger partial charge is 0.305 e. The zero-order valence-electron chi connectivity index (χ0n) is 46.8. The van der Waals surface area contributed by atoms with Crippen molar-refractivity contribution < 1.29 is 24.5 Å². The van der Waals surface area contributed by atoms with Gasteiger partial charge in [-0.2, -0.15) is 0 Å². The third-order valence-electron chi connectivity index (χ3n) is 14.8. The molecule has 69 heavy (non-hydrogen) atoms. The Balaban J connectivity index is 3.41. The molecule has 0 aromatic carbocycles. The van der Waals surface area contributed by atoms with E-state index in [2.05, 4.69) is 19.2 Å². The Morgan fingerprint density at radius 2 is 0.667 bits per heavy atom. The van der Waals surface area contributed by atoms with E-state index in [0.29, 0.717) is 19.4 Å². The van der Waals surface area contributed by atoms with E-state index in [1.807, 2.05) is 6.08 Å². The summed E-state index contributed by atoms with van der Waals surface area (Å²) in [7, 11) is 0. The lowest BCUT2D eigenvalue weighted by Gasteiger charge is -2.20. The molecule has 0 fully saturated rings. The normalized spacial score (nSPS) is 12.6. The van der Waals surface area contributed by atoms with Crippen LogP contribution in [0.5, 0.6) is 0 Å². The van der Waals surface area contributed by atoms with Gasteiger partial charge < -0.3 is 20.3 Å². The number of nitrogens with one attached hydrogen (secondary N) is 1. The van der Waals surface area contributed by atoms with Gasteiger partial charge in [0.05, 0.1) is 25.4 Å². The summed E-state index contributed by atoms with van der Waals surface area (Å²) in [4.78, 5) is 24.6. The van der Waals surface area contributed by atoms with Gasteiger partial charge in [0.2, 0.25) is 5.91 Å². The molecule has 1 amide bonds. The Labute approximate surface area is 431 Å². The molecule has 0 aliphatic rings. The molecule has 6 nitrogen and oxygen atoms in total. The van der Waals surface area contributed by atoms with Gasteiger partial charge in [-0.25, -0.2) is 0 Å². The predicted octanol–water partition coefficient (Wildman–Crippen LogP) is 19.6. The zero-order valence-corrected chi connectivity index (χ0v) is 46.8. The van der Waals surface area contributed by atoms with Crippen molar-refractivity contribution in [1.82, 2.24) is 5.32 Å². The summed E-state index contributed by atoms with van der Waals surface area (Å²) >= 11 is 0. The molecular weight excluding hydrogens is 851 g/mol. The van der Waals surface area contributed by atoms with Crippen molar-refractivity contribution in [2.45, 2.75) is 366 Å². The second kappa shape index (κ2) is 59.2. The minimum atomic E-state index is -0.847. The third-order valence-corrected chi connectivity index (χ3v) is 14.8. The summed E-state index contributed by atoms with van der Waals surface area (Å²) in [5, 5.41) is 23.2. The summed E-state index contributed by atoms with van der Waals surface area (Å²) in [6, 6.07) is -0.630. The van der Waals surface area contributed by atoms with Crippen LogP contribution < -0.4 is 5.32 Å². The fourth-order valence-electron chi connectivity index (χ4n) is 9.99. The van der Waals surface area contributed by atoms with Crippen molar-refractivity contribution in [3.63, 3.8) is 0 Å². The first-order valence-corrected chi connectivity index (χ1v) is 31.5.